The molecular formula is C32H32. The van der Waals surface area contributed by atoms with E-state index in [2.05, 4.69) is 97.1 Å². The van der Waals surface area contributed by atoms with Crippen LogP contribution in [0.3, 0.4) is 0 Å². The van der Waals surface area contributed by atoms with Crippen molar-refractivity contribution in [2.45, 2.75) is 50.4 Å². The van der Waals surface area contributed by atoms with Crippen LogP contribution in [0.2, 0.25) is 0 Å². The first-order valence-corrected chi connectivity index (χ1v) is 12.5. The summed E-state index contributed by atoms with van der Waals surface area (Å²) < 4.78 is 0. The van der Waals surface area contributed by atoms with Crippen LogP contribution in [0.5, 0.6) is 0 Å². The Kier molecular flexibility index (Phi) is 5.31. The highest BCUT2D eigenvalue weighted by Gasteiger charge is 2.41. The van der Waals surface area contributed by atoms with Crippen LogP contribution in [-0.4, -0.2) is 0 Å². The number of fused-ring (bicyclic) bond motifs is 2. The molecule has 0 amide bonds. The Morgan fingerprint density at radius 1 is 0.438 bits per heavy atom. The minimum absolute atomic E-state index is 0.724. The summed E-state index contributed by atoms with van der Waals surface area (Å²) in [5.74, 6) is 3.11. The Morgan fingerprint density at radius 2 is 1.00 bits per heavy atom. The highest BCUT2D eigenvalue weighted by atomic mass is 14.5. The lowest BCUT2D eigenvalue weighted by Crippen LogP contribution is -2.34. The summed E-state index contributed by atoms with van der Waals surface area (Å²) in [5.41, 5.74) is 5.80. The van der Waals surface area contributed by atoms with Crippen molar-refractivity contribution in [3.8, 4) is 11.1 Å². The minimum Gasteiger partial charge on any atom is -0.0622 e. The van der Waals surface area contributed by atoms with Gasteiger partial charge in [0.05, 0.1) is 0 Å². The third-order valence-corrected chi connectivity index (χ3v) is 8.34. The first-order valence-electron chi connectivity index (χ1n) is 12.5. The van der Waals surface area contributed by atoms with Crippen LogP contribution in [0.4, 0.5) is 0 Å². The first-order chi connectivity index (χ1) is 15.9. The molecule has 0 heteroatoms. The van der Waals surface area contributed by atoms with Gasteiger partial charge in [-0.15, -0.1) is 0 Å². The van der Waals surface area contributed by atoms with Crippen molar-refractivity contribution in [2.75, 3.05) is 0 Å². The van der Waals surface area contributed by atoms with Gasteiger partial charge in [0, 0.05) is 0 Å². The Morgan fingerprint density at radius 3 is 1.72 bits per heavy atom. The molecule has 32 heavy (non-hydrogen) atoms. The lowest BCUT2D eigenvalue weighted by molar-refractivity contribution is 0.121. The zero-order chi connectivity index (χ0) is 21.3. The summed E-state index contributed by atoms with van der Waals surface area (Å²) in [6.07, 6.45) is 8.27. The van der Waals surface area contributed by atoms with Gasteiger partial charge in [-0.2, -0.15) is 0 Å². The van der Waals surface area contributed by atoms with Crippen molar-refractivity contribution in [2.24, 2.45) is 11.8 Å². The molecule has 0 aliphatic heterocycles. The second-order valence-electron chi connectivity index (χ2n) is 10.00. The number of benzene rings is 4. The van der Waals surface area contributed by atoms with Crippen molar-refractivity contribution >= 4 is 10.8 Å². The van der Waals surface area contributed by atoms with Gasteiger partial charge in [-0.3, -0.25) is 0 Å². The molecular weight excluding hydrogens is 384 g/mol. The van der Waals surface area contributed by atoms with Crippen LogP contribution in [0.15, 0.2) is 97.1 Å². The summed E-state index contributed by atoms with van der Waals surface area (Å²) in [4.78, 5) is 0. The van der Waals surface area contributed by atoms with E-state index in [-0.39, 0.29) is 0 Å². The van der Waals surface area contributed by atoms with E-state index in [9.17, 15) is 0 Å². The monoisotopic (exact) mass is 416 g/mol. The molecule has 160 valence electrons. The SMILES string of the molecule is c1ccc(-c2ccc([C@@H]3CCC[C@@H]4[C@H]3CCC[C@@H]4c3ccc4ccccc4c3)cc2)cc1. The van der Waals surface area contributed by atoms with Gasteiger partial charge in [-0.25, -0.2) is 0 Å². The van der Waals surface area contributed by atoms with Gasteiger partial charge in [0.1, 0.15) is 0 Å². The highest BCUT2D eigenvalue weighted by Crippen LogP contribution is 2.53. The molecule has 2 aliphatic rings. The van der Waals surface area contributed by atoms with Crippen molar-refractivity contribution in [3.05, 3.63) is 108 Å². The summed E-state index contributed by atoms with van der Waals surface area (Å²) in [6.45, 7) is 0. The Bertz CT molecular complexity index is 1190. The quantitative estimate of drug-likeness (QED) is 0.312. The molecule has 0 nitrogen and oxygen atoms in total. The van der Waals surface area contributed by atoms with Crippen molar-refractivity contribution < 1.29 is 0 Å². The van der Waals surface area contributed by atoms with Crippen LogP contribution < -0.4 is 0 Å². The second kappa shape index (κ2) is 8.58. The van der Waals surface area contributed by atoms with Crippen LogP contribution in [0, 0.1) is 11.8 Å². The predicted molar refractivity (Wildman–Crippen MR) is 136 cm³/mol. The van der Waals surface area contributed by atoms with Gasteiger partial charge in [0.25, 0.3) is 0 Å². The molecule has 2 fully saturated rings. The predicted octanol–water partition coefficient (Wildman–Crippen LogP) is 8.97. The van der Waals surface area contributed by atoms with Gasteiger partial charge >= 0.3 is 0 Å². The van der Waals surface area contributed by atoms with Crippen LogP contribution in [0.25, 0.3) is 21.9 Å². The maximum Gasteiger partial charge on any atom is -0.0131 e. The van der Waals surface area contributed by atoms with Gasteiger partial charge in [0.15, 0.2) is 0 Å². The molecule has 4 aromatic carbocycles. The topological polar surface area (TPSA) is 0 Å². The Hall–Kier alpha value is -2.86. The molecule has 0 aromatic heterocycles. The second-order valence-corrected chi connectivity index (χ2v) is 10.00. The molecule has 6 rings (SSSR count). The Balaban J connectivity index is 1.28. The minimum atomic E-state index is 0.724. The summed E-state index contributed by atoms with van der Waals surface area (Å²) in [7, 11) is 0. The maximum atomic E-state index is 2.49. The van der Waals surface area contributed by atoms with Crippen LogP contribution >= 0.6 is 0 Å². The van der Waals surface area contributed by atoms with E-state index in [1.807, 2.05) is 0 Å². The fourth-order valence-corrected chi connectivity index (χ4v) is 6.82. The third kappa shape index (κ3) is 3.66. The van der Waals surface area contributed by atoms with Gasteiger partial charge < -0.3 is 0 Å². The number of hydrogen-bond acceptors (Lipinski definition) is 0. The fourth-order valence-electron chi connectivity index (χ4n) is 6.82. The number of rotatable bonds is 3. The van der Waals surface area contributed by atoms with Gasteiger partial charge in [-0.05, 0) is 82.4 Å². The van der Waals surface area contributed by atoms with Crippen LogP contribution in [-0.2, 0) is 0 Å². The molecule has 0 spiro atoms. The van der Waals surface area contributed by atoms with Crippen molar-refractivity contribution in [1.29, 1.82) is 0 Å². The standard InChI is InChI=1S/C32H32/c1-2-8-23(9-3-1)25-16-19-26(20-17-25)29-12-6-15-32-30(13-7-14-31(29)32)28-21-18-24-10-4-5-11-27(24)22-28/h1-5,8-11,16-22,29-32H,6-7,12-15H2/t29-,30+,31-,32-/m0/s1. The highest BCUT2D eigenvalue weighted by molar-refractivity contribution is 5.83. The lowest BCUT2D eigenvalue weighted by Gasteiger charge is -2.46. The van der Waals surface area contributed by atoms with Crippen LogP contribution in [0.1, 0.15) is 61.5 Å². The zero-order valence-electron chi connectivity index (χ0n) is 18.8. The maximum absolute atomic E-state index is 2.49. The first kappa shape index (κ1) is 19.8. The molecule has 4 aromatic rings. The van der Waals surface area contributed by atoms with E-state index < -0.39 is 0 Å². The van der Waals surface area contributed by atoms with Crippen molar-refractivity contribution in [1.82, 2.24) is 0 Å². The summed E-state index contributed by atoms with van der Waals surface area (Å²) in [6, 6.07) is 36.4. The fraction of sp³-hybridized carbons (Fsp3) is 0.312. The van der Waals surface area contributed by atoms with E-state index >= 15 is 0 Å². The van der Waals surface area contributed by atoms with Gasteiger partial charge in [-0.1, -0.05) is 110 Å². The largest absolute Gasteiger partial charge is 0.0622 e. The molecule has 4 atom stereocenters. The molecule has 0 unspecified atom stereocenters. The average molecular weight is 417 g/mol. The molecule has 0 radical (unpaired) electrons. The number of hydrogen-bond donors (Lipinski definition) is 0. The van der Waals surface area contributed by atoms with E-state index in [1.165, 1.54) is 60.4 Å². The summed E-state index contributed by atoms with van der Waals surface area (Å²) >= 11 is 0. The van der Waals surface area contributed by atoms with E-state index in [1.54, 1.807) is 11.1 Å². The molecule has 0 bridgehead atoms. The van der Waals surface area contributed by atoms with Crippen molar-refractivity contribution in [3.63, 3.8) is 0 Å². The third-order valence-electron chi connectivity index (χ3n) is 8.34. The Labute approximate surface area is 192 Å². The smallest absolute Gasteiger partial charge is 0.0131 e. The molecule has 0 saturated heterocycles. The van der Waals surface area contributed by atoms with E-state index in [0.717, 1.165) is 23.7 Å². The molecule has 0 heterocycles. The van der Waals surface area contributed by atoms with Gasteiger partial charge in [0.2, 0.25) is 0 Å². The van der Waals surface area contributed by atoms with E-state index in [0.29, 0.717) is 0 Å². The molecule has 0 N–H and O–H groups in total. The average Bonchev–Trinajstić information content (AvgIpc) is 2.88. The van der Waals surface area contributed by atoms with E-state index in [4.69, 9.17) is 0 Å². The normalized spacial score (nSPS) is 25.4. The summed E-state index contributed by atoms with van der Waals surface area (Å²) in [5, 5.41) is 2.76. The lowest BCUT2D eigenvalue weighted by atomic mass is 9.59. The molecule has 2 aliphatic carbocycles. The zero-order valence-corrected chi connectivity index (χ0v) is 18.8. The molecule has 2 saturated carbocycles.